The number of rotatable bonds is 5. The van der Waals surface area contributed by atoms with E-state index in [-0.39, 0.29) is 17.7 Å². The number of ether oxygens (including phenoxy) is 1. The van der Waals surface area contributed by atoms with Crippen molar-refractivity contribution in [1.82, 2.24) is 10.3 Å². The van der Waals surface area contributed by atoms with Gasteiger partial charge < -0.3 is 10.1 Å². The molecule has 1 N–H and O–H groups in total. The van der Waals surface area contributed by atoms with Gasteiger partial charge in [-0.05, 0) is 48.7 Å². The second kappa shape index (κ2) is 8.42. The Labute approximate surface area is 146 Å². The van der Waals surface area contributed by atoms with Crippen LogP contribution in [0.1, 0.15) is 37.7 Å². The number of benzene rings is 1. The van der Waals surface area contributed by atoms with Crippen LogP contribution in [0.3, 0.4) is 0 Å². The molecule has 0 unspecified atom stereocenters. The highest BCUT2D eigenvalue weighted by molar-refractivity contribution is 5.91. The Hall–Kier alpha value is -2.69. The van der Waals surface area contributed by atoms with E-state index < -0.39 is 5.82 Å². The molecule has 2 aromatic rings. The zero-order chi connectivity index (χ0) is 17.5. The number of hydrogen-bond donors (Lipinski definition) is 1. The van der Waals surface area contributed by atoms with Crippen molar-refractivity contribution in [2.75, 3.05) is 0 Å². The Kier molecular flexibility index (Phi) is 5.77. The smallest absolute Gasteiger partial charge is 0.244 e. The van der Waals surface area contributed by atoms with Gasteiger partial charge in [-0.25, -0.2) is 4.39 Å². The van der Waals surface area contributed by atoms with Crippen LogP contribution in [0.2, 0.25) is 0 Å². The molecule has 0 saturated heterocycles. The maximum absolute atomic E-state index is 14.2. The van der Waals surface area contributed by atoms with E-state index in [1.807, 2.05) is 0 Å². The molecule has 130 valence electrons. The van der Waals surface area contributed by atoms with Crippen LogP contribution in [0.5, 0.6) is 11.5 Å². The van der Waals surface area contributed by atoms with Crippen LogP contribution in [0.15, 0.2) is 48.8 Å². The Morgan fingerprint density at radius 2 is 2.08 bits per heavy atom. The lowest BCUT2D eigenvalue weighted by Crippen LogP contribution is -2.34. The summed E-state index contributed by atoms with van der Waals surface area (Å²) in [5.41, 5.74) is 0.606. The quantitative estimate of drug-likeness (QED) is 0.817. The van der Waals surface area contributed by atoms with Crippen LogP contribution in [0.4, 0.5) is 4.39 Å². The molecule has 25 heavy (non-hydrogen) atoms. The molecule has 3 rings (SSSR count). The molecular weight excluding hydrogens is 319 g/mol. The zero-order valence-corrected chi connectivity index (χ0v) is 14.0. The number of hydrogen-bond acceptors (Lipinski definition) is 3. The lowest BCUT2D eigenvalue weighted by molar-refractivity contribution is -0.117. The largest absolute Gasteiger partial charge is 0.453 e. The first-order valence-electron chi connectivity index (χ1n) is 8.57. The van der Waals surface area contributed by atoms with Crippen molar-refractivity contribution >= 4 is 12.0 Å². The minimum atomic E-state index is -0.487. The third kappa shape index (κ3) is 5.14. The molecule has 1 aliphatic carbocycles. The molecule has 1 saturated carbocycles. The van der Waals surface area contributed by atoms with E-state index in [1.165, 1.54) is 24.8 Å². The van der Waals surface area contributed by atoms with Crippen LogP contribution in [-0.4, -0.2) is 16.9 Å². The highest BCUT2D eigenvalue weighted by Gasteiger charge is 2.14. The maximum atomic E-state index is 14.2. The summed E-state index contributed by atoms with van der Waals surface area (Å²) in [5.74, 6) is -0.0324. The number of halogens is 1. The summed E-state index contributed by atoms with van der Waals surface area (Å²) in [6.45, 7) is 0. The van der Waals surface area contributed by atoms with Crippen molar-refractivity contribution in [3.63, 3.8) is 0 Å². The van der Waals surface area contributed by atoms with Crippen molar-refractivity contribution < 1.29 is 13.9 Å². The highest BCUT2D eigenvalue weighted by Crippen LogP contribution is 2.25. The molecular formula is C20H21FN2O2. The molecule has 1 fully saturated rings. The van der Waals surface area contributed by atoms with E-state index in [0.717, 1.165) is 25.7 Å². The van der Waals surface area contributed by atoms with Crippen LogP contribution in [-0.2, 0) is 4.79 Å². The Balaban J connectivity index is 1.59. The summed E-state index contributed by atoms with van der Waals surface area (Å²) in [5, 5.41) is 3.00. The van der Waals surface area contributed by atoms with E-state index in [4.69, 9.17) is 4.74 Å². The van der Waals surface area contributed by atoms with Crippen LogP contribution in [0, 0.1) is 5.82 Å². The number of amides is 1. The van der Waals surface area contributed by atoms with Gasteiger partial charge in [-0.3, -0.25) is 9.78 Å². The summed E-state index contributed by atoms with van der Waals surface area (Å²) < 4.78 is 19.6. The van der Waals surface area contributed by atoms with E-state index in [1.54, 1.807) is 36.5 Å². The van der Waals surface area contributed by atoms with Gasteiger partial charge in [0.2, 0.25) is 5.91 Å². The predicted molar refractivity (Wildman–Crippen MR) is 94.8 cm³/mol. The lowest BCUT2D eigenvalue weighted by atomic mass is 9.95. The minimum Gasteiger partial charge on any atom is -0.453 e. The van der Waals surface area contributed by atoms with E-state index in [2.05, 4.69) is 10.3 Å². The van der Waals surface area contributed by atoms with E-state index in [9.17, 15) is 9.18 Å². The number of carbonyl (C=O) groups is 1. The first-order chi connectivity index (χ1) is 12.2. The van der Waals surface area contributed by atoms with Gasteiger partial charge in [0.05, 0.1) is 6.20 Å². The zero-order valence-electron chi connectivity index (χ0n) is 14.0. The molecule has 1 heterocycles. The first kappa shape index (κ1) is 17.1. The van der Waals surface area contributed by atoms with Crippen molar-refractivity contribution in [3.05, 3.63) is 60.2 Å². The molecule has 1 amide bonds. The Morgan fingerprint density at radius 3 is 2.80 bits per heavy atom. The Bertz CT molecular complexity index is 741. The van der Waals surface area contributed by atoms with Crippen LogP contribution < -0.4 is 10.1 Å². The maximum Gasteiger partial charge on any atom is 0.244 e. The van der Waals surface area contributed by atoms with Crippen molar-refractivity contribution in [2.24, 2.45) is 0 Å². The van der Waals surface area contributed by atoms with Crippen molar-refractivity contribution in [2.45, 2.75) is 38.1 Å². The Morgan fingerprint density at radius 1 is 1.24 bits per heavy atom. The van der Waals surface area contributed by atoms with Gasteiger partial charge in [-0.1, -0.05) is 25.3 Å². The second-order valence-electron chi connectivity index (χ2n) is 6.16. The fourth-order valence-corrected chi connectivity index (χ4v) is 2.91. The SMILES string of the molecule is O=C(/C=C/c1ccc(Oc2cccnc2)c(F)c1)NC1CCCCC1. The molecule has 0 radical (unpaired) electrons. The summed E-state index contributed by atoms with van der Waals surface area (Å²) in [7, 11) is 0. The fraction of sp³-hybridized carbons (Fsp3) is 0.300. The number of aromatic nitrogens is 1. The molecule has 0 bridgehead atoms. The third-order valence-corrected chi connectivity index (χ3v) is 4.20. The van der Waals surface area contributed by atoms with Crippen molar-refractivity contribution in [1.29, 1.82) is 0 Å². The molecule has 5 heteroatoms. The molecule has 0 atom stereocenters. The molecule has 1 aliphatic rings. The lowest BCUT2D eigenvalue weighted by Gasteiger charge is -2.21. The summed E-state index contributed by atoms with van der Waals surface area (Å²) in [6, 6.07) is 8.28. The van der Waals surface area contributed by atoms with Gasteiger partial charge >= 0.3 is 0 Å². The molecule has 0 spiro atoms. The van der Waals surface area contributed by atoms with Crippen molar-refractivity contribution in [3.8, 4) is 11.5 Å². The van der Waals surface area contributed by atoms with E-state index >= 15 is 0 Å². The predicted octanol–water partition coefficient (Wildman–Crippen LogP) is 4.48. The second-order valence-corrected chi connectivity index (χ2v) is 6.16. The number of nitrogens with zero attached hydrogens (tertiary/aromatic N) is 1. The number of carbonyl (C=O) groups excluding carboxylic acids is 1. The highest BCUT2D eigenvalue weighted by atomic mass is 19.1. The topological polar surface area (TPSA) is 51.2 Å². The monoisotopic (exact) mass is 340 g/mol. The van der Waals surface area contributed by atoms with Gasteiger partial charge in [0.25, 0.3) is 0 Å². The van der Waals surface area contributed by atoms with Gasteiger partial charge in [0, 0.05) is 18.3 Å². The first-order valence-corrected chi connectivity index (χ1v) is 8.57. The summed E-state index contributed by atoms with van der Waals surface area (Å²) >= 11 is 0. The summed E-state index contributed by atoms with van der Waals surface area (Å²) in [6.07, 6.45) is 11.8. The molecule has 0 aliphatic heterocycles. The van der Waals surface area contributed by atoms with Gasteiger partial charge in [-0.15, -0.1) is 0 Å². The fourth-order valence-electron chi connectivity index (χ4n) is 2.91. The molecule has 4 nitrogen and oxygen atoms in total. The molecule has 1 aromatic carbocycles. The van der Waals surface area contributed by atoms with Crippen LogP contribution >= 0.6 is 0 Å². The van der Waals surface area contributed by atoms with Crippen LogP contribution in [0.25, 0.3) is 6.08 Å². The normalized spacial score (nSPS) is 15.2. The van der Waals surface area contributed by atoms with Gasteiger partial charge in [0.1, 0.15) is 5.75 Å². The molecule has 1 aromatic heterocycles. The summed E-state index contributed by atoms with van der Waals surface area (Å²) in [4.78, 5) is 15.9. The average molecular weight is 340 g/mol. The van der Waals surface area contributed by atoms with Gasteiger partial charge in [-0.2, -0.15) is 0 Å². The van der Waals surface area contributed by atoms with Gasteiger partial charge in [0.15, 0.2) is 11.6 Å². The number of nitrogens with one attached hydrogen (secondary N) is 1. The average Bonchev–Trinajstić information content (AvgIpc) is 2.64. The van der Waals surface area contributed by atoms with E-state index in [0.29, 0.717) is 11.3 Å². The standard InChI is InChI=1S/C20H21FN2O2/c21-18-13-15(8-10-19(18)25-17-7-4-12-22-14-17)9-11-20(24)23-16-5-2-1-3-6-16/h4,7-14,16H,1-3,5-6H2,(H,23,24)/b11-9+. The number of pyridine rings is 1. The third-order valence-electron chi connectivity index (χ3n) is 4.20. The minimum absolute atomic E-state index is 0.122.